The van der Waals surface area contributed by atoms with Gasteiger partial charge in [-0.3, -0.25) is 4.79 Å². The standard InChI is InChI=1S/C22H22N4O2/c27-22(25-18-10-11-23-24-15-18)20-14-19(26-12-4-5-13-26)8-9-21(20)28-16-17-6-2-1-3-7-17/h1-3,6-11,14-15H,4-5,12-13,16H2,(H,23,25,27). The maximum Gasteiger partial charge on any atom is 0.259 e. The van der Waals surface area contributed by atoms with Gasteiger partial charge in [-0.1, -0.05) is 30.3 Å². The molecular weight excluding hydrogens is 352 g/mol. The molecule has 0 spiro atoms. The summed E-state index contributed by atoms with van der Waals surface area (Å²) in [6.07, 6.45) is 5.42. The molecule has 0 saturated carbocycles. The summed E-state index contributed by atoms with van der Waals surface area (Å²) in [5, 5.41) is 10.4. The summed E-state index contributed by atoms with van der Waals surface area (Å²) < 4.78 is 5.99. The van der Waals surface area contributed by atoms with Crippen LogP contribution < -0.4 is 15.0 Å². The second-order valence-electron chi connectivity index (χ2n) is 6.73. The Morgan fingerprint density at radius 3 is 2.61 bits per heavy atom. The van der Waals surface area contributed by atoms with Gasteiger partial charge in [0.25, 0.3) is 5.91 Å². The van der Waals surface area contributed by atoms with E-state index in [4.69, 9.17) is 4.74 Å². The first-order chi connectivity index (χ1) is 13.8. The number of carbonyl (C=O) groups is 1. The quantitative estimate of drug-likeness (QED) is 0.709. The molecule has 3 aromatic rings. The number of hydrogen-bond acceptors (Lipinski definition) is 5. The van der Waals surface area contributed by atoms with Crippen molar-refractivity contribution in [1.82, 2.24) is 10.2 Å². The number of nitrogens with zero attached hydrogens (tertiary/aromatic N) is 3. The molecule has 2 heterocycles. The van der Waals surface area contributed by atoms with E-state index < -0.39 is 0 Å². The second-order valence-corrected chi connectivity index (χ2v) is 6.73. The van der Waals surface area contributed by atoms with Crippen LogP contribution in [0.3, 0.4) is 0 Å². The smallest absolute Gasteiger partial charge is 0.259 e. The minimum Gasteiger partial charge on any atom is -0.488 e. The van der Waals surface area contributed by atoms with Crippen LogP contribution in [-0.4, -0.2) is 29.2 Å². The maximum atomic E-state index is 13.0. The molecule has 1 saturated heterocycles. The van der Waals surface area contributed by atoms with Gasteiger partial charge in [0.05, 0.1) is 23.6 Å². The molecule has 1 fully saturated rings. The number of amides is 1. The van der Waals surface area contributed by atoms with E-state index in [1.54, 1.807) is 12.3 Å². The maximum absolute atomic E-state index is 13.0. The Bertz CT molecular complexity index is 926. The first kappa shape index (κ1) is 18.0. The van der Waals surface area contributed by atoms with Crippen molar-refractivity contribution < 1.29 is 9.53 Å². The van der Waals surface area contributed by atoms with Crippen molar-refractivity contribution >= 4 is 17.3 Å². The molecule has 4 rings (SSSR count). The van der Waals surface area contributed by atoms with Crippen LogP contribution in [0.25, 0.3) is 0 Å². The lowest BCUT2D eigenvalue weighted by Crippen LogP contribution is -2.19. The topological polar surface area (TPSA) is 67.4 Å². The predicted molar refractivity (Wildman–Crippen MR) is 109 cm³/mol. The molecule has 0 aliphatic carbocycles. The van der Waals surface area contributed by atoms with Gasteiger partial charge in [0.15, 0.2) is 0 Å². The Hall–Kier alpha value is -3.41. The highest BCUT2D eigenvalue weighted by Crippen LogP contribution is 2.29. The van der Waals surface area contributed by atoms with Crippen LogP contribution in [0.4, 0.5) is 11.4 Å². The molecule has 142 valence electrons. The molecular formula is C22H22N4O2. The number of ether oxygens (including phenoxy) is 1. The van der Waals surface area contributed by atoms with E-state index in [2.05, 4.69) is 20.4 Å². The Balaban J connectivity index is 1.59. The highest BCUT2D eigenvalue weighted by atomic mass is 16.5. The third kappa shape index (κ3) is 4.28. The highest BCUT2D eigenvalue weighted by molar-refractivity contribution is 6.06. The molecule has 1 aliphatic rings. The largest absolute Gasteiger partial charge is 0.488 e. The Labute approximate surface area is 164 Å². The number of nitrogens with one attached hydrogen (secondary N) is 1. The fourth-order valence-electron chi connectivity index (χ4n) is 3.29. The second kappa shape index (κ2) is 8.52. The molecule has 0 atom stereocenters. The number of benzene rings is 2. The summed E-state index contributed by atoms with van der Waals surface area (Å²) in [5.74, 6) is 0.337. The number of rotatable bonds is 6. The molecule has 0 bridgehead atoms. The molecule has 2 aromatic carbocycles. The lowest BCUT2D eigenvalue weighted by Gasteiger charge is -2.20. The van der Waals surface area contributed by atoms with Crippen molar-refractivity contribution in [3.63, 3.8) is 0 Å². The van der Waals surface area contributed by atoms with E-state index in [0.29, 0.717) is 23.6 Å². The molecule has 0 radical (unpaired) electrons. The zero-order valence-corrected chi connectivity index (χ0v) is 15.5. The molecule has 1 amide bonds. The monoisotopic (exact) mass is 374 g/mol. The summed E-state index contributed by atoms with van der Waals surface area (Å²) >= 11 is 0. The molecule has 6 heteroatoms. The van der Waals surface area contributed by atoms with Crippen LogP contribution in [0.5, 0.6) is 5.75 Å². The van der Waals surface area contributed by atoms with Gasteiger partial charge in [0, 0.05) is 18.8 Å². The van der Waals surface area contributed by atoms with Gasteiger partial charge in [0.2, 0.25) is 0 Å². The molecule has 0 unspecified atom stereocenters. The van der Waals surface area contributed by atoms with Crippen LogP contribution in [0.15, 0.2) is 67.0 Å². The SMILES string of the molecule is O=C(Nc1ccnnc1)c1cc(N2CCCC2)ccc1OCc1ccccc1. The predicted octanol–water partition coefficient (Wildman–Crippen LogP) is 3.91. The van der Waals surface area contributed by atoms with Crippen molar-refractivity contribution in [3.8, 4) is 5.75 Å². The van der Waals surface area contributed by atoms with Crippen molar-refractivity contribution in [3.05, 3.63) is 78.1 Å². The van der Waals surface area contributed by atoms with Gasteiger partial charge < -0.3 is 15.0 Å². The van der Waals surface area contributed by atoms with E-state index in [9.17, 15) is 4.79 Å². The van der Waals surface area contributed by atoms with Crippen LogP contribution in [0, 0.1) is 0 Å². The summed E-state index contributed by atoms with van der Waals surface area (Å²) in [6.45, 7) is 2.43. The molecule has 1 aromatic heterocycles. The van der Waals surface area contributed by atoms with Crippen LogP contribution >= 0.6 is 0 Å². The Morgan fingerprint density at radius 2 is 1.86 bits per heavy atom. The minimum absolute atomic E-state index is 0.225. The van der Waals surface area contributed by atoms with Crippen molar-refractivity contribution in [2.75, 3.05) is 23.3 Å². The van der Waals surface area contributed by atoms with E-state index >= 15 is 0 Å². The molecule has 1 aliphatic heterocycles. The van der Waals surface area contributed by atoms with E-state index in [-0.39, 0.29) is 5.91 Å². The van der Waals surface area contributed by atoms with Crippen LogP contribution in [0.1, 0.15) is 28.8 Å². The van der Waals surface area contributed by atoms with Crippen molar-refractivity contribution in [2.45, 2.75) is 19.4 Å². The number of carbonyl (C=O) groups excluding carboxylic acids is 1. The van der Waals surface area contributed by atoms with E-state index in [1.807, 2.05) is 48.5 Å². The number of anilines is 2. The number of hydrogen-bond donors (Lipinski definition) is 1. The minimum atomic E-state index is -0.225. The average Bonchev–Trinajstić information content (AvgIpc) is 3.28. The lowest BCUT2D eigenvalue weighted by atomic mass is 10.1. The summed E-state index contributed by atoms with van der Waals surface area (Å²) in [7, 11) is 0. The average molecular weight is 374 g/mol. The Kier molecular flexibility index (Phi) is 5.47. The first-order valence-electron chi connectivity index (χ1n) is 9.43. The van der Waals surface area contributed by atoms with Gasteiger partial charge in [-0.05, 0) is 42.7 Å². The third-order valence-electron chi connectivity index (χ3n) is 4.76. The number of aromatic nitrogens is 2. The van der Waals surface area contributed by atoms with E-state index in [1.165, 1.54) is 19.0 Å². The fourth-order valence-corrected chi connectivity index (χ4v) is 3.29. The van der Waals surface area contributed by atoms with Crippen molar-refractivity contribution in [1.29, 1.82) is 0 Å². The van der Waals surface area contributed by atoms with Gasteiger partial charge >= 0.3 is 0 Å². The summed E-state index contributed by atoms with van der Waals surface area (Å²) in [4.78, 5) is 15.3. The highest BCUT2D eigenvalue weighted by Gasteiger charge is 2.18. The third-order valence-corrected chi connectivity index (χ3v) is 4.76. The normalized spacial score (nSPS) is 13.4. The summed E-state index contributed by atoms with van der Waals surface area (Å²) in [6, 6.07) is 17.4. The van der Waals surface area contributed by atoms with Gasteiger partial charge in [-0.25, -0.2) is 0 Å². The molecule has 6 nitrogen and oxygen atoms in total. The first-order valence-corrected chi connectivity index (χ1v) is 9.43. The van der Waals surface area contributed by atoms with Crippen molar-refractivity contribution in [2.24, 2.45) is 0 Å². The van der Waals surface area contributed by atoms with Gasteiger partial charge in [-0.2, -0.15) is 10.2 Å². The van der Waals surface area contributed by atoms with Gasteiger partial charge in [0.1, 0.15) is 12.4 Å². The van der Waals surface area contributed by atoms with E-state index in [0.717, 1.165) is 24.3 Å². The fraction of sp³-hybridized carbons (Fsp3) is 0.227. The lowest BCUT2D eigenvalue weighted by molar-refractivity contribution is 0.102. The Morgan fingerprint density at radius 1 is 1.04 bits per heavy atom. The van der Waals surface area contributed by atoms with Crippen LogP contribution in [-0.2, 0) is 6.61 Å². The zero-order valence-electron chi connectivity index (χ0n) is 15.5. The van der Waals surface area contributed by atoms with Crippen LogP contribution in [0.2, 0.25) is 0 Å². The summed E-state index contributed by atoms with van der Waals surface area (Å²) in [5.41, 5.74) is 3.20. The van der Waals surface area contributed by atoms with Gasteiger partial charge in [-0.15, -0.1) is 0 Å². The molecule has 28 heavy (non-hydrogen) atoms. The molecule has 1 N–H and O–H groups in total. The zero-order chi connectivity index (χ0) is 19.2.